The smallest absolute Gasteiger partial charge is 0.356 e. The van der Waals surface area contributed by atoms with Crippen LogP contribution in [0.25, 0.3) is 10.9 Å². The minimum atomic E-state index is -0.435. The van der Waals surface area contributed by atoms with Crippen molar-refractivity contribution in [2.75, 3.05) is 14.2 Å². The van der Waals surface area contributed by atoms with Crippen molar-refractivity contribution >= 4 is 16.9 Å². The van der Waals surface area contributed by atoms with Crippen molar-refractivity contribution in [3.63, 3.8) is 0 Å². The Hall–Kier alpha value is -2.10. The molecule has 2 aromatic rings. The summed E-state index contributed by atoms with van der Waals surface area (Å²) in [5.41, 5.74) is 1.78. The van der Waals surface area contributed by atoms with E-state index in [1.807, 2.05) is 31.2 Å². The second kappa shape index (κ2) is 4.41. The molecule has 17 heavy (non-hydrogen) atoms. The normalized spacial score (nSPS) is 10.3. The fraction of sp³-hybridized carbons (Fsp3) is 0.231. The summed E-state index contributed by atoms with van der Waals surface area (Å²) in [5, 5.41) is 0.939. The molecule has 4 nitrogen and oxygen atoms in total. The Morgan fingerprint density at radius 1 is 1.29 bits per heavy atom. The lowest BCUT2D eigenvalue weighted by molar-refractivity contribution is 0.0593. The van der Waals surface area contributed by atoms with E-state index in [1.165, 1.54) is 7.11 Å². The van der Waals surface area contributed by atoms with Gasteiger partial charge in [-0.25, -0.2) is 9.78 Å². The van der Waals surface area contributed by atoms with Crippen LogP contribution in [-0.4, -0.2) is 25.2 Å². The average Bonchev–Trinajstić information content (AvgIpc) is 2.36. The molecular formula is C13H13NO3. The van der Waals surface area contributed by atoms with Gasteiger partial charge >= 0.3 is 5.97 Å². The highest BCUT2D eigenvalue weighted by molar-refractivity contribution is 5.94. The molecule has 0 fully saturated rings. The molecular weight excluding hydrogens is 218 g/mol. The number of carbonyl (C=O) groups excluding carboxylic acids is 1. The number of benzene rings is 1. The number of aromatic nitrogens is 1. The molecule has 0 saturated carbocycles. The summed E-state index contributed by atoms with van der Waals surface area (Å²) in [5.74, 6) is 0.211. The van der Waals surface area contributed by atoms with Crippen molar-refractivity contribution in [3.8, 4) is 5.75 Å². The summed E-state index contributed by atoms with van der Waals surface area (Å²) in [4.78, 5) is 15.9. The van der Waals surface area contributed by atoms with Crippen LogP contribution in [0.5, 0.6) is 5.75 Å². The number of hydrogen-bond donors (Lipinski definition) is 0. The van der Waals surface area contributed by atoms with E-state index in [0.29, 0.717) is 17.0 Å². The van der Waals surface area contributed by atoms with Gasteiger partial charge in [0.15, 0.2) is 5.69 Å². The van der Waals surface area contributed by atoms with Crippen LogP contribution >= 0.6 is 0 Å². The summed E-state index contributed by atoms with van der Waals surface area (Å²) >= 11 is 0. The van der Waals surface area contributed by atoms with Gasteiger partial charge in [-0.1, -0.05) is 12.1 Å². The van der Waals surface area contributed by atoms with Crippen LogP contribution in [-0.2, 0) is 4.74 Å². The first-order valence-corrected chi connectivity index (χ1v) is 5.20. The van der Waals surface area contributed by atoms with Crippen LogP contribution < -0.4 is 4.74 Å². The van der Waals surface area contributed by atoms with Gasteiger partial charge in [-0.05, 0) is 24.6 Å². The van der Waals surface area contributed by atoms with E-state index >= 15 is 0 Å². The monoisotopic (exact) mass is 231 g/mol. The first kappa shape index (κ1) is 11.4. The Morgan fingerprint density at radius 3 is 2.71 bits per heavy atom. The summed E-state index contributed by atoms with van der Waals surface area (Å²) in [7, 11) is 2.92. The molecule has 0 bridgehead atoms. The number of ether oxygens (including phenoxy) is 2. The number of nitrogens with zero attached hydrogens (tertiary/aromatic N) is 1. The first-order valence-electron chi connectivity index (χ1n) is 5.20. The average molecular weight is 231 g/mol. The lowest BCUT2D eigenvalue weighted by Gasteiger charge is -2.08. The number of carbonyl (C=O) groups is 1. The fourth-order valence-electron chi connectivity index (χ4n) is 1.75. The van der Waals surface area contributed by atoms with Crippen LogP contribution in [0.4, 0.5) is 0 Å². The molecule has 2 rings (SSSR count). The highest BCUT2D eigenvalue weighted by Gasteiger charge is 2.14. The number of esters is 1. The minimum absolute atomic E-state index is 0.324. The fourth-order valence-corrected chi connectivity index (χ4v) is 1.75. The molecule has 0 N–H and O–H groups in total. The number of fused-ring (bicyclic) bond motifs is 1. The molecule has 0 aliphatic carbocycles. The number of hydrogen-bond acceptors (Lipinski definition) is 4. The Labute approximate surface area is 99.2 Å². The van der Waals surface area contributed by atoms with Crippen LogP contribution in [0.3, 0.4) is 0 Å². The summed E-state index contributed by atoms with van der Waals surface area (Å²) < 4.78 is 9.92. The molecule has 0 amide bonds. The third-order valence-corrected chi connectivity index (χ3v) is 2.60. The van der Waals surface area contributed by atoms with Crippen LogP contribution in [0.2, 0.25) is 0 Å². The molecule has 0 radical (unpaired) electrons. The molecule has 0 atom stereocenters. The van der Waals surface area contributed by atoms with E-state index in [0.717, 1.165) is 10.9 Å². The largest absolute Gasteiger partial charge is 0.494 e. The maximum Gasteiger partial charge on any atom is 0.356 e. The van der Waals surface area contributed by atoms with Gasteiger partial charge in [-0.3, -0.25) is 0 Å². The maximum atomic E-state index is 11.6. The molecule has 1 aromatic heterocycles. The zero-order valence-corrected chi connectivity index (χ0v) is 9.98. The lowest BCUT2D eigenvalue weighted by Crippen LogP contribution is -2.07. The standard InChI is InChI=1S/C13H13NO3/c1-8-7-9-5-4-6-10(16-2)12(9)14-11(8)13(15)17-3/h4-7H,1-3H3. The van der Waals surface area contributed by atoms with E-state index in [2.05, 4.69) is 4.98 Å². The van der Waals surface area contributed by atoms with Crippen molar-refractivity contribution in [2.24, 2.45) is 0 Å². The zero-order chi connectivity index (χ0) is 12.4. The van der Waals surface area contributed by atoms with Crippen molar-refractivity contribution in [1.82, 2.24) is 4.98 Å². The van der Waals surface area contributed by atoms with Crippen LogP contribution in [0.1, 0.15) is 16.1 Å². The maximum absolute atomic E-state index is 11.6. The van der Waals surface area contributed by atoms with Gasteiger partial charge in [0.1, 0.15) is 11.3 Å². The van der Waals surface area contributed by atoms with Crippen molar-refractivity contribution in [2.45, 2.75) is 6.92 Å². The molecule has 0 spiro atoms. The number of aryl methyl sites for hydroxylation is 1. The van der Waals surface area contributed by atoms with Gasteiger partial charge in [-0.2, -0.15) is 0 Å². The number of rotatable bonds is 2. The topological polar surface area (TPSA) is 48.4 Å². The van der Waals surface area contributed by atoms with E-state index in [4.69, 9.17) is 9.47 Å². The van der Waals surface area contributed by atoms with E-state index < -0.39 is 5.97 Å². The summed E-state index contributed by atoms with van der Waals surface area (Å²) in [6.07, 6.45) is 0. The predicted molar refractivity (Wildman–Crippen MR) is 64.4 cm³/mol. The Morgan fingerprint density at radius 2 is 2.06 bits per heavy atom. The van der Waals surface area contributed by atoms with E-state index in [-0.39, 0.29) is 0 Å². The second-order valence-electron chi connectivity index (χ2n) is 3.68. The SMILES string of the molecule is COC(=O)c1nc2c(OC)cccc2cc1C. The highest BCUT2D eigenvalue weighted by Crippen LogP contribution is 2.25. The van der Waals surface area contributed by atoms with Gasteiger partial charge in [0.05, 0.1) is 14.2 Å². The Bertz CT molecular complexity index is 578. The molecule has 1 heterocycles. The van der Waals surface area contributed by atoms with Crippen LogP contribution in [0, 0.1) is 6.92 Å². The minimum Gasteiger partial charge on any atom is -0.494 e. The van der Waals surface area contributed by atoms with Crippen molar-refractivity contribution in [3.05, 3.63) is 35.5 Å². The molecule has 1 aromatic carbocycles. The molecule has 88 valence electrons. The van der Waals surface area contributed by atoms with E-state index in [9.17, 15) is 4.79 Å². The summed E-state index contributed by atoms with van der Waals surface area (Å²) in [6.45, 7) is 1.83. The molecule has 0 saturated heterocycles. The molecule has 0 aliphatic rings. The Kier molecular flexibility index (Phi) is 2.95. The molecule has 0 unspecified atom stereocenters. The van der Waals surface area contributed by atoms with Crippen molar-refractivity contribution in [1.29, 1.82) is 0 Å². The quantitative estimate of drug-likeness (QED) is 0.744. The lowest BCUT2D eigenvalue weighted by atomic mass is 10.1. The van der Waals surface area contributed by atoms with Gasteiger partial charge in [0.25, 0.3) is 0 Å². The van der Waals surface area contributed by atoms with E-state index in [1.54, 1.807) is 7.11 Å². The predicted octanol–water partition coefficient (Wildman–Crippen LogP) is 2.34. The third-order valence-electron chi connectivity index (χ3n) is 2.60. The van der Waals surface area contributed by atoms with Gasteiger partial charge in [0.2, 0.25) is 0 Å². The third kappa shape index (κ3) is 1.93. The van der Waals surface area contributed by atoms with Crippen LogP contribution in [0.15, 0.2) is 24.3 Å². The van der Waals surface area contributed by atoms with Gasteiger partial charge in [0, 0.05) is 5.39 Å². The summed E-state index contributed by atoms with van der Waals surface area (Å²) in [6, 6.07) is 7.53. The van der Waals surface area contributed by atoms with Gasteiger partial charge in [-0.15, -0.1) is 0 Å². The second-order valence-corrected chi connectivity index (χ2v) is 3.68. The van der Waals surface area contributed by atoms with Crippen molar-refractivity contribution < 1.29 is 14.3 Å². The number of pyridine rings is 1. The van der Waals surface area contributed by atoms with Gasteiger partial charge < -0.3 is 9.47 Å². The Balaban J connectivity index is 2.72. The number of methoxy groups -OCH3 is 2. The first-order chi connectivity index (χ1) is 8.17. The molecule has 0 aliphatic heterocycles. The zero-order valence-electron chi connectivity index (χ0n) is 9.98. The number of para-hydroxylation sites is 1. The molecule has 4 heteroatoms. The highest BCUT2D eigenvalue weighted by atomic mass is 16.5.